The van der Waals surface area contributed by atoms with Gasteiger partial charge in [-0.15, -0.1) is 0 Å². The molecule has 0 bridgehead atoms. The lowest BCUT2D eigenvalue weighted by Crippen LogP contribution is -2.22. The van der Waals surface area contributed by atoms with Crippen LogP contribution in [0, 0.1) is 0 Å². The fraction of sp³-hybridized carbons (Fsp3) is 0.0476. The van der Waals surface area contributed by atoms with E-state index in [1.807, 2.05) is 24.3 Å². The van der Waals surface area contributed by atoms with Crippen molar-refractivity contribution in [2.75, 3.05) is 11.8 Å². The number of fused-ring (bicyclic) bond motifs is 1. The number of nitrogens with one attached hydrogen (secondary N) is 3. The van der Waals surface area contributed by atoms with Crippen LogP contribution in [0.3, 0.4) is 0 Å². The first kappa shape index (κ1) is 19.5. The molecule has 9 heteroatoms. The maximum Gasteiger partial charge on any atom is 0.326 e. The van der Waals surface area contributed by atoms with Crippen LogP contribution in [0.2, 0.25) is 0 Å². The monoisotopic (exact) mass is 423 g/mol. The molecule has 1 aromatic heterocycles. The van der Waals surface area contributed by atoms with Gasteiger partial charge < -0.3 is 9.72 Å². The molecule has 0 radical (unpaired) electrons. The highest BCUT2D eigenvalue weighted by molar-refractivity contribution is 7.92. The van der Waals surface area contributed by atoms with Gasteiger partial charge in [0.1, 0.15) is 5.75 Å². The second-order valence-corrected chi connectivity index (χ2v) is 8.18. The van der Waals surface area contributed by atoms with E-state index in [-0.39, 0.29) is 15.8 Å². The predicted molar refractivity (Wildman–Crippen MR) is 114 cm³/mol. The van der Waals surface area contributed by atoms with Crippen molar-refractivity contribution in [1.82, 2.24) is 9.97 Å². The van der Waals surface area contributed by atoms with Crippen LogP contribution in [-0.4, -0.2) is 25.5 Å². The van der Waals surface area contributed by atoms with Gasteiger partial charge in [0.05, 0.1) is 22.9 Å². The van der Waals surface area contributed by atoms with Crippen molar-refractivity contribution in [3.8, 4) is 16.9 Å². The molecule has 0 fully saturated rings. The lowest BCUT2D eigenvalue weighted by Gasteiger charge is -2.11. The minimum Gasteiger partial charge on any atom is -0.496 e. The van der Waals surface area contributed by atoms with Gasteiger partial charge in [0.2, 0.25) is 0 Å². The third kappa shape index (κ3) is 3.70. The maximum absolute atomic E-state index is 12.8. The van der Waals surface area contributed by atoms with Gasteiger partial charge in [-0.05, 0) is 42.0 Å². The van der Waals surface area contributed by atoms with Gasteiger partial charge in [-0.3, -0.25) is 14.5 Å². The van der Waals surface area contributed by atoms with E-state index in [1.165, 1.54) is 18.2 Å². The van der Waals surface area contributed by atoms with E-state index in [0.29, 0.717) is 11.4 Å². The maximum atomic E-state index is 12.8. The molecule has 30 heavy (non-hydrogen) atoms. The number of rotatable bonds is 5. The summed E-state index contributed by atoms with van der Waals surface area (Å²) in [5, 5.41) is 0.0731. The van der Waals surface area contributed by atoms with Gasteiger partial charge in [-0.2, -0.15) is 0 Å². The molecule has 0 saturated heterocycles. The molecule has 152 valence electrons. The van der Waals surface area contributed by atoms with Crippen molar-refractivity contribution >= 4 is 26.6 Å². The van der Waals surface area contributed by atoms with E-state index < -0.39 is 21.3 Å². The smallest absolute Gasteiger partial charge is 0.326 e. The summed E-state index contributed by atoms with van der Waals surface area (Å²) in [7, 11) is -2.35. The van der Waals surface area contributed by atoms with E-state index in [2.05, 4.69) is 14.7 Å². The number of benzene rings is 3. The van der Waals surface area contributed by atoms with Crippen molar-refractivity contribution in [3.05, 3.63) is 87.6 Å². The summed E-state index contributed by atoms with van der Waals surface area (Å²) >= 11 is 0. The number of sulfonamides is 1. The summed E-state index contributed by atoms with van der Waals surface area (Å²) < 4.78 is 33.4. The zero-order valence-electron chi connectivity index (χ0n) is 15.8. The largest absolute Gasteiger partial charge is 0.496 e. The Morgan fingerprint density at radius 2 is 1.63 bits per heavy atom. The van der Waals surface area contributed by atoms with Crippen molar-refractivity contribution in [3.63, 3.8) is 0 Å². The number of aromatic amines is 2. The van der Waals surface area contributed by atoms with Crippen molar-refractivity contribution in [1.29, 1.82) is 0 Å². The fourth-order valence-electron chi connectivity index (χ4n) is 3.13. The van der Waals surface area contributed by atoms with Crippen LogP contribution < -0.4 is 20.7 Å². The topological polar surface area (TPSA) is 121 Å². The summed E-state index contributed by atoms with van der Waals surface area (Å²) in [6.45, 7) is 0. The highest BCUT2D eigenvalue weighted by atomic mass is 32.2. The molecular weight excluding hydrogens is 406 g/mol. The van der Waals surface area contributed by atoms with E-state index in [4.69, 9.17) is 4.74 Å². The van der Waals surface area contributed by atoms with Crippen molar-refractivity contribution in [2.45, 2.75) is 4.90 Å². The Labute approximate surface area is 171 Å². The third-order valence-corrected chi connectivity index (χ3v) is 5.96. The summed E-state index contributed by atoms with van der Waals surface area (Å²) in [4.78, 5) is 27.7. The summed E-state index contributed by atoms with van der Waals surface area (Å²) in [5.41, 5.74) is 1.06. The second-order valence-electron chi connectivity index (χ2n) is 6.50. The van der Waals surface area contributed by atoms with Crippen molar-refractivity contribution < 1.29 is 13.2 Å². The molecule has 0 aliphatic rings. The molecule has 0 saturated carbocycles. The summed E-state index contributed by atoms with van der Waals surface area (Å²) in [5.74, 6) is 0.713. The van der Waals surface area contributed by atoms with Crippen LogP contribution >= 0.6 is 0 Å². The molecule has 8 nitrogen and oxygen atoms in total. The minimum atomic E-state index is -3.94. The first-order chi connectivity index (χ1) is 14.4. The number of aromatic nitrogens is 2. The number of para-hydroxylation sites is 1. The Hall–Kier alpha value is -3.85. The molecule has 0 aliphatic carbocycles. The second kappa shape index (κ2) is 7.53. The normalized spacial score (nSPS) is 11.4. The molecule has 0 unspecified atom stereocenters. The summed E-state index contributed by atoms with van der Waals surface area (Å²) in [6, 6.07) is 18.3. The molecule has 3 N–H and O–H groups in total. The quantitative estimate of drug-likeness (QED) is 0.456. The highest BCUT2D eigenvalue weighted by Gasteiger charge is 2.16. The van der Waals surface area contributed by atoms with Crippen LogP contribution in [0.15, 0.2) is 81.2 Å². The predicted octanol–water partition coefficient (Wildman–Crippen LogP) is 2.69. The van der Waals surface area contributed by atoms with Crippen LogP contribution in [0.1, 0.15) is 0 Å². The minimum absolute atomic E-state index is 0.0731. The van der Waals surface area contributed by atoms with Crippen molar-refractivity contribution in [2.24, 2.45) is 0 Å². The number of anilines is 1. The van der Waals surface area contributed by atoms with Crippen LogP contribution in [-0.2, 0) is 10.0 Å². The van der Waals surface area contributed by atoms with Crippen LogP contribution in [0.4, 0.5) is 5.69 Å². The Bertz CT molecular complexity index is 1450. The standard InChI is InChI=1S/C21H17N3O5S/c1-29-19-5-3-2-4-16(19)13-6-8-14(9-7-13)24-30(27,28)15-10-11-18-17(12-15)20(25)23-21(26)22-18/h2-12,24H,1H3,(H2,22,23,25,26). The Kier molecular flexibility index (Phi) is 4.88. The Balaban J connectivity index is 1.64. The molecule has 0 spiro atoms. The van der Waals surface area contributed by atoms with E-state index in [0.717, 1.165) is 11.1 Å². The molecule has 0 atom stereocenters. The average Bonchev–Trinajstić information content (AvgIpc) is 2.73. The van der Waals surface area contributed by atoms with Gasteiger partial charge in [-0.1, -0.05) is 30.3 Å². The van der Waals surface area contributed by atoms with E-state index >= 15 is 0 Å². The first-order valence-corrected chi connectivity index (χ1v) is 10.4. The number of H-pyrrole nitrogens is 2. The Morgan fingerprint density at radius 1 is 0.900 bits per heavy atom. The fourth-order valence-corrected chi connectivity index (χ4v) is 4.21. The van der Waals surface area contributed by atoms with Gasteiger partial charge in [0, 0.05) is 11.3 Å². The van der Waals surface area contributed by atoms with Gasteiger partial charge in [0.25, 0.3) is 15.6 Å². The number of hydrogen-bond donors (Lipinski definition) is 3. The lowest BCUT2D eigenvalue weighted by atomic mass is 10.0. The van der Waals surface area contributed by atoms with Gasteiger partial charge >= 0.3 is 5.69 Å². The number of ether oxygens (including phenoxy) is 1. The molecule has 0 amide bonds. The zero-order valence-corrected chi connectivity index (χ0v) is 16.6. The van der Waals surface area contributed by atoms with Gasteiger partial charge in [-0.25, -0.2) is 13.2 Å². The zero-order chi connectivity index (χ0) is 21.3. The number of hydrogen-bond acceptors (Lipinski definition) is 5. The molecule has 1 heterocycles. The average molecular weight is 423 g/mol. The first-order valence-electron chi connectivity index (χ1n) is 8.90. The SMILES string of the molecule is COc1ccccc1-c1ccc(NS(=O)(=O)c2ccc3[nH]c(=O)[nH]c(=O)c3c2)cc1. The van der Waals surface area contributed by atoms with Gasteiger partial charge in [0.15, 0.2) is 0 Å². The van der Waals surface area contributed by atoms with Crippen LogP contribution in [0.25, 0.3) is 22.0 Å². The molecule has 4 rings (SSSR count). The Morgan fingerprint density at radius 3 is 2.37 bits per heavy atom. The molecule has 3 aromatic carbocycles. The molecular formula is C21H17N3O5S. The third-order valence-electron chi connectivity index (χ3n) is 4.58. The lowest BCUT2D eigenvalue weighted by molar-refractivity contribution is 0.416. The van der Waals surface area contributed by atoms with E-state index in [9.17, 15) is 18.0 Å². The molecule has 4 aromatic rings. The van der Waals surface area contributed by atoms with Crippen LogP contribution in [0.5, 0.6) is 5.75 Å². The molecule has 0 aliphatic heterocycles. The summed E-state index contributed by atoms with van der Waals surface area (Å²) in [6.07, 6.45) is 0. The van der Waals surface area contributed by atoms with E-state index in [1.54, 1.807) is 31.4 Å². The highest BCUT2D eigenvalue weighted by Crippen LogP contribution is 2.30. The number of methoxy groups -OCH3 is 1.